The quantitative estimate of drug-likeness (QED) is 0.832. The van der Waals surface area contributed by atoms with Crippen molar-refractivity contribution >= 4 is 28.1 Å². The average molecular weight is 255 g/mol. The number of rotatable bonds is 5. The lowest BCUT2D eigenvalue weighted by Crippen LogP contribution is -1.86. The van der Waals surface area contributed by atoms with Crippen molar-refractivity contribution in [3.05, 3.63) is 17.3 Å². The summed E-state index contributed by atoms with van der Waals surface area (Å²) in [5, 5.41) is 6.56. The highest BCUT2D eigenvalue weighted by Crippen LogP contribution is 2.29. The van der Waals surface area contributed by atoms with Crippen LogP contribution in [-0.4, -0.2) is 15.9 Å². The van der Waals surface area contributed by atoms with Crippen molar-refractivity contribution in [2.24, 2.45) is 0 Å². The Hall–Kier alpha value is -1.01. The van der Waals surface area contributed by atoms with E-state index in [9.17, 15) is 0 Å². The highest BCUT2D eigenvalue weighted by atomic mass is 32.2. The van der Waals surface area contributed by atoms with Gasteiger partial charge in [0.1, 0.15) is 0 Å². The maximum atomic E-state index is 5.79. The predicted molar refractivity (Wildman–Crippen MR) is 68.5 cm³/mol. The van der Waals surface area contributed by atoms with Gasteiger partial charge in [0.25, 0.3) is 5.89 Å². The van der Waals surface area contributed by atoms with E-state index in [2.05, 4.69) is 17.1 Å². The number of anilines is 1. The molecule has 0 bridgehead atoms. The first-order valence-corrected chi connectivity index (χ1v) is 7.08. The molecule has 0 saturated heterocycles. The van der Waals surface area contributed by atoms with Gasteiger partial charge in [-0.25, -0.2) is 0 Å². The van der Waals surface area contributed by atoms with Crippen molar-refractivity contribution in [3.63, 3.8) is 0 Å². The molecule has 2 rings (SSSR count). The zero-order valence-electron chi connectivity index (χ0n) is 8.97. The van der Waals surface area contributed by atoms with Gasteiger partial charge in [0.05, 0.1) is 16.3 Å². The van der Waals surface area contributed by atoms with E-state index >= 15 is 0 Å². The van der Waals surface area contributed by atoms with Gasteiger partial charge < -0.3 is 10.3 Å². The van der Waals surface area contributed by atoms with Crippen molar-refractivity contribution in [3.8, 4) is 11.5 Å². The van der Waals surface area contributed by atoms with Crippen LogP contribution in [-0.2, 0) is 5.75 Å². The molecule has 0 aliphatic rings. The van der Waals surface area contributed by atoms with Gasteiger partial charge in [0.2, 0.25) is 0 Å². The molecule has 0 unspecified atom stereocenters. The van der Waals surface area contributed by atoms with Crippen molar-refractivity contribution in [1.29, 1.82) is 0 Å². The van der Waals surface area contributed by atoms with Crippen LogP contribution in [0.3, 0.4) is 0 Å². The first kappa shape index (κ1) is 11.5. The molecular formula is C10H13N3OS2. The van der Waals surface area contributed by atoms with Crippen molar-refractivity contribution in [2.45, 2.75) is 19.1 Å². The first-order valence-electron chi connectivity index (χ1n) is 5.05. The molecule has 0 amide bonds. The molecule has 0 aromatic carbocycles. The van der Waals surface area contributed by atoms with Gasteiger partial charge in [-0.15, -0.1) is 11.3 Å². The summed E-state index contributed by atoms with van der Waals surface area (Å²) in [6, 6.07) is 1.90. The zero-order chi connectivity index (χ0) is 11.4. The summed E-state index contributed by atoms with van der Waals surface area (Å²) in [5.41, 5.74) is 6.63. The minimum atomic E-state index is 0.519. The highest BCUT2D eigenvalue weighted by molar-refractivity contribution is 7.98. The molecule has 2 aromatic rings. The molecule has 0 aliphatic heterocycles. The molecular weight excluding hydrogens is 242 g/mol. The Morgan fingerprint density at radius 2 is 2.44 bits per heavy atom. The second-order valence-electron chi connectivity index (χ2n) is 3.27. The van der Waals surface area contributed by atoms with Gasteiger partial charge in [-0.3, -0.25) is 0 Å². The average Bonchev–Trinajstić information content (AvgIpc) is 2.87. The lowest BCUT2D eigenvalue weighted by atomic mass is 10.3. The van der Waals surface area contributed by atoms with Crippen LogP contribution in [0.15, 0.2) is 16.0 Å². The minimum Gasteiger partial charge on any atom is -0.390 e. The molecule has 86 valence electrons. The van der Waals surface area contributed by atoms with Gasteiger partial charge in [-0.05, 0) is 23.6 Å². The summed E-state index contributed by atoms with van der Waals surface area (Å²) in [5.74, 6) is 3.16. The van der Waals surface area contributed by atoms with Gasteiger partial charge in [-0.1, -0.05) is 12.1 Å². The summed E-state index contributed by atoms with van der Waals surface area (Å²) in [6.07, 6.45) is 1.16. The van der Waals surface area contributed by atoms with Crippen LogP contribution >= 0.6 is 23.1 Å². The van der Waals surface area contributed by atoms with E-state index in [0.717, 1.165) is 34.3 Å². The number of nitrogen functional groups attached to an aromatic ring is 1. The third kappa shape index (κ3) is 2.56. The predicted octanol–water partition coefficient (Wildman–Crippen LogP) is 3.02. The van der Waals surface area contributed by atoms with Gasteiger partial charge in [0.15, 0.2) is 5.82 Å². The fraction of sp³-hybridized carbons (Fsp3) is 0.400. The van der Waals surface area contributed by atoms with Crippen LogP contribution < -0.4 is 5.73 Å². The fourth-order valence-electron chi connectivity index (χ4n) is 1.23. The Labute approximate surface area is 102 Å². The molecule has 2 aromatic heterocycles. The third-order valence-electron chi connectivity index (χ3n) is 1.97. The standard InChI is InChI=1S/C10H13N3OS2/c1-2-4-15-6-8-12-10(14-13-8)7-3-5-16-9(7)11/h3,5H,2,4,6,11H2,1H3. The summed E-state index contributed by atoms with van der Waals surface area (Å²) in [6.45, 7) is 2.15. The van der Waals surface area contributed by atoms with Crippen LogP contribution in [0.4, 0.5) is 5.00 Å². The monoisotopic (exact) mass is 255 g/mol. The fourth-order valence-corrected chi connectivity index (χ4v) is 2.59. The van der Waals surface area contributed by atoms with Crippen LogP contribution in [0.1, 0.15) is 19.2 Å². The van der Waals surface area contributed by atoms with E-state index in [-0.39, 0.29) is 0 Å². The third-order valence-corrected chi connectivity index (χ3v) is 3.88. The summed E-state index contributed by atoms with van der Waals surface area (Å²) >= 11 is 3.28. The molecule has 0 saturated carbocycles. The van der Waals surface area contributed by atoms with Gasteiger partial charge in [-0.2, -0.15) is 16.7 Å². The molecule has 0 aliphatic carbocycles. The number of nitrogens with two attached hydrogens (primary N) is 1. The maximum absolute atomic E-state index is 5.79. The second-order valence-corrected chi connectivity index (χ2v) is 5.32. The number of hydrogen-bond acceptors (Lipinski definition) is 6. The lowest BCUT2D eigenvalue weighted by Gasteiger charge is -1.92. The SMILES string of the molecule is CCCSCc1noc(-c2ccsc2N)n1. The van der Waals surface area contributed by atoms with E-state index in [1.165, 1.54) is 11.3 Å². The van der Waals surface area contributed by atoms with Gasteiger partial charge in [0, 0.05) is 0 Å². The lowest BCUT2D eigenvalue weighted by molar-refractivity contribution is 0.425. The Morgan fingerprint density at radius 1 is 1.56 bits per heavy atom. The van der Waals surface area contributed by atoms with Crippen LogP contribution in [0, 0.1) is 0 Å². The Balaban J connectivity index is 2.05. The molecule has 0 spiro atoms. The summed E-state index contributed by atoms with van der Waals surface area (Å²) in [4.78, 5) is 4.31. The number of thiophene rings is 1. The van der Waals surface area contributed by atoms with Crippen molar-refractivity contribution in [1.82, 2.24) is 10.1 Å². The maximum Gasteiger partial charge on any atom is 0.260 e. The van der Waals surface area contributed by atoms with Crippen molar-refractivity contribution < 1.29 is 4.52 Å². The molecule has 0 fully saturated rings. The molecule has 4 nitrogen and oxygen atoms in total. The number of nitrogens with zero attached hydrogens (tertiary/aromatic N) is 2. The number of thioether (sulfide) groups is 1. The van der Waals surface area contributed by atoms with Crippen LogP contribution in [0.5, 0.6) is 0 Å². The summed E-state index contributed by atoms with van der Waals surface area (Å²) in [7, 11) is 0. The van der Waals surface area contributed by atoms with E-state index < -0.39 is 0 Å². The second kappa shape index (κ2) is 5.36. The van der Waals surface area contributed by atoms with Gasteiger partial charge >= 0.3 is 0 Å². The van der Waals surface area contributed by atoms with Crippen LogP contribution in [0.25, 0.3) is 11.5 Å². The van der Waals surface area contributed by atoms with E-state index in [1.54, 1.807) is 0 Å². The van der Waals surface area contributed by atoms with E-state index in [1.807, 2.05) is 23.2 Å². The normalized spacial score (nSPS) is 10.8. The topological polar surface area (TPSA) is 64.9 Å². The number of aromatic nitrogens is 2. The zero-order valence-corrected chi connectivity index (χ0v) is 10.6. The van der Waals surface area contributed by atoms with E-state index in [4.69, 9.17) is 10.3 Å². The summed E-state index contributed by atoms with van der Waals surface area (Å²) < 4.78 is 5.17. The molecule has 0 radical (unpaired) electrons. The molecule has 16 heavy (non-hydrogen) atoms. The van der Waals surface area contributed by atoms with E-state index in [0.29, 0.717) is 5.89 Å². The minimum absolute atomic E-state index is 0.519. The Bertz CT molecular complexity index is 452. The Kier molecular flexibility index (Phi) is 3.84. The Morgan fingerprint density at radius 3 is 3.12 bits per heavy atom. The number of hydrogen-bond donors (Lipinski definition) is 1. The molecule has 6 heteroatoms. The molecule has 0 atom stereocenters. The van der Waals surface area contributed by atoms with Crippen LogP contribution in [0.2, 0.25) is 0 Å². The first-order chi connectivity index (χ1) is 7.81. The largest absolute Gasteiger partial charge is 0.390 e. The van der Waals surface area contributed by atoms with Crippen molar-refractivity contribution in [2.75, 3.05) is 11.5 Å². The highest BCUT2D eigenvalue weighted by Gasteiger charge is 2.12. The smallest absolute Gasteiger partial charge is 0.260 e. The molecule has 2 N–H and O–H groups in total. The molecule has 2 heterocycles.